The Bertz CT molecular complexity index is 1130. The molecule has 9 nitrogen and oxygen atoms in total. The predicted octanol–water partition coefficient (Wildman–Crippen LogP) is 2.55. The summed E-state index contributed by atoms with van der Waals surface area (Å²) in [6.07, 6.45) is 3.42. The number of methoxy groups -OCH3 is 3. The lowest BCUT2D eigenvalue weighted by molar-refractivity contribution is 0.154. The molecule has 4 rings (SSSR count). The number of pyridine rings is 1. The van der Waals surface area contributed by atoms with Gasteiger partial charge in [0.25, 0.3) is 0 Å². The van der Waals surface area contributed by atoms with Gasteiger partial charge in [-0.05, 0) is 25.8 Å². The van der Waals surface area contributed by atoms with Gasteiger partial charge in [0, 0.05) is 62.0 Å². The molecule has 0 amide bonds. The molecule has 0 spiro atoms. The van der Waals surface area contributed by atoms with Crippen LogP contribution in [0.5, 0.6) is 17.2 Å². The highest BCUT2D eigenvalue weighted by Gasteiger charge is 2.24. The minimum absolute atomic E-state index is 0.352. The number of rotatable bonds is 8. The van der Waals surface area contributed by atoms with E-state index in [1.165, 1.54) is 0 Å². The molecule has 2 aromatic heterocycles. The van der Waals surface area contributed by atoms with Crippen LogP contribution in [-0.4, -0.2) is 60.4 Å². The van der Waals surface area contributed by atoms with Crippen LogP contribution in [-0.2, 0) is 20.1 Å². The fourth-order valence-corrected chi connectivity index (χ4v) is 4.53. The molecule has 0 bridgehead atoms. The van der Waals surface area contributed by atoms with Gasteiger partial charge in [-0.15, -0.1) is 0 Å². The summed E-state index contributed by atoms with van der Waals surface area (Å²) in [7, 11) is 6.75. The van der Waals surface area contributed by atoms with Crippen molar-refractivity contribution in [3.8, 4) is 17.2 Å². The zero-order valence-corrected chi connectivity index (χ0v) is 20.0. The van der Waals surface area contributed by atoms with E-state index in [1.54, 1.807) is 21.3 Å². The van der Waals surface area contributed by atoms with Crippen molar-refractivity contribution >= 4 is 16.7 Å². The molecule has 3 aromatic rings. The number of anilines is 1. The molecule has 1 aromatic carbocycles. The van der Waals surface area contributed by atoms with E-state index < -0.39 is 0 Å². The zero-order chi connectivity index (χ0) is 23.5. The van der Waals surface area contributed by atoms with Crippen LogP contribution in [0.3, 0.4) is 0 Å². The van der Waals surface area contributed by atoms with E-state index in [9.17, 15) is 5.11 Å². The van der Waals surface area contributed by atoms with Crippen LogP contribution in [0.15, 0.2) is 18.3 Å². The van der Waals surface area contributed by atoms with Gasteiger partial charge in [0.05, 0.1) is 38.6 Å². The Morgan fingerprint density at radius 1 is 1.09 bits per heavy atom. The molecule has 1 fully saturated rings. The minimum atomic E-state index is -0.352. The number of nitrogens with one attached hydrogen (secondary N) is 1. The third kappa shape index (κ3) is 4.69. The minimum Gasteiger partial charge on any atom is -0.493 e. The molecule has 178 valence electrons. The SMILES string of the molecule is COc1cc2nc(N3CCCC(O)C3)c(CNCc3cn(C)nc3C)cc2c(OC)c1OC. The van der Waals surface area contributed by atoms with Crippen molar-refractivity contribution < 1.29 is 19.3 Å². The number of aliphatic hydroxyl groups excluding tert-OH is 1. The van der Waals surface area contributed by atoms with Crippen LogP contribution in [0, 0.1) is 6.92 Å². The highest BCUT2D eigenvalue weighted by atomic mass is 16.5. The quantitative estimate of drug-likeness (QED) is 0.535. The van der Waals surface area contributed by atoms with Crippen LogP contribution >= 0.6 is 0 Å². The number of hydrogen-bond donors (Lipinski definition) is 2. The van der Waals surface area contributed by atoms with E-state index in [-0.39, 0.29) is 6.10 Å². The Morgan fingerprint density at radius 2 is 1.85 bits per heavy atom. The lowest BCUT2D eigenvalue weighted by atomic mass is 10.1. The van der Waals surface area contributed by atoms with Crippen LogP contribution in [0.25, 0.3) is 10.9 Å². The van der Waals surface area contributed by atoms with Crippen molar-refractivity contribution in [3.63, 3.8) is 0 Å². The summed E-state index contributed by atoms with van der Waals surface area (Å²) < 4.78 is 18.6. The number of aromatic nitrogens is 3. The molecule has 1 unspecified atom stereocenters. The normalized spacial score (nSPS) is 16.3. The molecule has 0 aliphatic carbocycles. The molecule has 3 heterocycles. The number of fused-ring (bicyclic) bond motifs is 1. The number of piperidine rings is 1. The van der Waals surface area contributed by atoms with Crippen molar-refractivity contribution in [2.75, 3.05) is 39.3 Å². The fourth-order valence-electron chi connectivity index (χ4n) is 4.53. The molecule has 9 heteroatoms. The van der Waals surface area contributed by atoms with E-state index in [2.05, 4.69) is 21.4 Å². The smallest absolute Gasteiger partial charge is 0.204 e. The molecule has 0 radical (unpaired) electrons. The highest BCUT2D eigenvalue weighted by Crippen LogP contribution is 2.44. The summed E-state index contributed by atoms with van der Waals surface area (Å²) in [5.41, 5.74) is 3.96. The number of ether oxygens (including phenoxy) is 3. The maximum atomic E-state index is 10.3. The van der Waals surface area contributed by atoms with Crippen molar-refractivity contribution in [2.45, 2.75) is 39.0 Å². The number of aliphatic hydroxyl groups is 1. The van der Waals surface area contributed by atoms with Gasteiger partial charge in [0.1, 0.15) is 5.82 Å². The number of β-amino-alcohol motifs (C(OH)–C–C–N with tert-alkyl or cyclic N) is 1. The van der Waals surface area contributed by atoms with E-state index in [0.717, 1.165) is 52.9 Å². The van der Waals surface area contributed by atoms with Gasteiger partial charge in [-0.2, -0.15) is 5.10 Å². The fraction of sp³-hybridized carbons (Fsp3) is 0.500. The van der Waals surface area contributed by atoms with Crippen LogP contribution in [0.2, 0.25) is 0 Å². The molecule has 1 aliphatic heterocycles. The lowest BCUT2D eigenvalue weighted by Crippen LogP contribution is -2.39. The molecule has 2 N–H and O–H groups in total. The number of aryl methyl sites for hydroxylation is 2. The van der Waals surface area contributed by atoms with Crippen molar-refractivity contribution in [1.82, 2.24) is 20.1 Å². The predicted molar refractivity (Wildman–Crippen MR) is 127 cm³/mol. The van der Waals surface area contributed by atoms with Crippen LogP contribution in [0.4, 0.5) is 5.82 Å². The van der Waals surface area contributed by atoms with Gasteiger partial charge in [-0.25, -0.2) is 4.98 Å². The average molecular weight is 456 g/mol. The zero-order valence-electron chi connectivity index (χ0n) is 20.0. The largest absolute Gasteiger partial charge is 0.493 e. The standard InChI is InChI=1S/C24H33N5O4/c1-15-17(13-28(2)27-15)12-25-11-16-9-19-20(10-21(31-3)23(33-5)22(19)32-4)26-24(16)29-8-6-7-18(30)14-29/h9-10,13,18,25,30H,6-8,11-12,14H2,1-5H3. The summed E-state index contributed by atoms with van der Waals surface area (Å²) in [6, 6.07) is 3.97. The van der Waals surface area contributed by atoms with E-state index in [4.69, 9.17) is 19.2 Å². The Kier molecular flexibility index (Phi) is 6.90. The first-order valence-electron chi connectivity index (χ1n) is 11.2. The van der Waals surface area contributed by atoms with Crippen LogP contribution < -0.4 is 24.4 Å². The molecule has 1 aliphatic rings. The van der Waals surface area contributed by atoms with E-state index in [0.29, 0.717) is 36.9 Å². The third-order valence-corrected chi connectivity index (χ3v) is 6.12. The molecular formula is C24H33N5O4. The van der Waals surface area contributed by atoms with Gasteiger partial charge in [-0.1, -0.05) is 0 Å². The second kappa shape index (κ2) is 9.84. The summed E-state index contributed by atoms with van der Waals surface area (Å²) in [4.78, 5) is 7.19. The van der Waals surface area contributed by atoms with E-state index >= 15 is 0 Å². The lowest BCUT2D eigenvalue weighted by Gasteiger charge is -2.32. The summed E-state index contributed by atoms with van der Waals surface area (Å²) in [6.45, 7) is 4.74. The monoisotopic (exact) mass is 455 g/mol. The molecule has 33 heavy (non-hydrogen) atoms. The Balaban J connectivity index is 1.75. The number of nitrogens with zero attached hydrogens (tertiary/aromatic N) is 4. The molecular weight excluding hydrogens is 422 g/mol. The summed E-state index contributed by atoms with van der Waals surface area (Å²) in [5.74, 6) is 2.57. The molecule has 1 saturated heterocycles. The first kappa shape index (κ1) is 23.1. The first-order chi connectivity index (χ1) is 15.9. The van der Waals surface area contributed by atoms with Gasteiger partial charge in [0.15, 0.2) is 11.5 Å². The Hall–Kier alpha value is -3.04. The highest BCUT2D eigenvalue weighted by molar-refractivity contribution is 5.92. The van der Waals surface area contributed by atoms with Crippen molar-refractivity contribution in [3.05, 3.63) is 35.2 Å². The van der Waals surface area contributed by atoms with Gasteiger partial charge in [0.2, 0.25) is 5.75 Å². The van der Waals surface area contributed by atoms with E-state index in [1.807, 2.05) is 30.9 Å². The first-order valence-corrected chi connectivity index (χ1v) is 11.2. The van der Waals surface area contributed by atoms with Gasteiger partial charge < -0.3 is 29.5 Å². The van der Waals surface area contributed by atoms with Gasteiger partial charge >= 0.3 is 0 Å². The topological polar surface area (TPSA) is 93.9 Å². The maximum Gasteiger partial charge on any atom is 0.204 e. The molecule has 0 saturated carbocycles. The Morgan fingerprint density at radius 3 is 2.48 bits per heavy atom. The summed E-state index contributed by atoms with van der Waals surface area (Å²) in [5, 5.41) is 19.1. The second-order valence-electron chi connectivity index (χ2n) is 8.44. The molecule has 1 atom stereocenters. The summed E-state index contributed by atoms with van der Waals surface area (Å²) >= 11 is 0. The second-order valence-corrected chi connectivity index (χ2v) is 8.44. The third-order valence-electron chi connectivity index (χ3n) is 6.12. The van der Waals surface area contributed by atoms with Gasteiger partial charge in [-0.3, -0.25) is 4.68 Å². The number of benzene rings is 1. The van der Waals surface area contributed by atoms with Crippen molar-refractivity contribution in [2.24, 2.45) is 7.05 Å². The maximum absolute atomic E-state index is 10.3. The average Bonchev–Trinajstić information content (AvgIpc) is 3.13. The van der Waals surface area contributed by atoms with Crippen molar-refractivity contribution in [1.29, 1.82) is 0 Å². The Labute approximate surface area is 194 Å². The van der Waals surface area contributed by atoms with Crippen LogP contribution in [0.1, 0.15) is 29.7 Å². The number of hydrogen-bond acceptors (Lipinski definition) is 8.